The van der Waals surface area contributed by atoms with Gasteiger partial charge in [0.25, 0.3) is 0 Å². The molecule has 108 valence electrons. The molecule has 2 nitrogen and oxygen atoms in total. The minimum absolute atomic E-state index is 0.0346. The standard InChI is InChI=1S/C15H24ClFN2/c1-10(15(2,3)4)19(5)14(9-18)11-6-7-13(17)12(16)8-11/h6-8,10,14H,9,18H2,1-5H3. The van der Waals surface area contributed by atoms with Crippen molar-refractivity contribution in [2.75, 3.05) is 13.6 Å². The first kappa shape index (κ1) is 16.4. The van der Waals surface area contributed by atoms with Gasteiger partial charge in [-0.1, -0.05) is 38.4 Å². The largest absolute Gasteiger partial charge is 0.329 e. The maximum Gasteiger partial charge on any atom is 0.141 e. The van der Waals surface area contributed by atoms with E-state index in [-0.39, 0.29) is 16.5 Å². The van der Waals surface area contributed by atoms with Crippen LogP contribution in [0.4, 0.5) is 4.39 Å². The molecule has 0 radical (unpaired) electrons. The lowest BCUT2D eigenvalue weighted by Gasteiger charge is -2.40. The van der Waals surface area contributed by atoms with Crippen LogP contribution in [0.2, 0.25) is 5.02 Å². The van der Waals surface area contributed by atoms with Gasteiger partial charge in [0.1, 0.15) is 5.82 Å². The molecule has 0 heterocycles. The molecule has 0 saturated carbocycles. The van der Waals surface area contributed by atoms with Crippen molar-refractivity contribution in [3.05, 3.63) is 34.6 Å². The van der Waals surface area contributed by atoms with E-state index in [1.807, 2.05) is 7.05 Å². The van der Waals surface area contributed by atoms with Crippen LogP contribution in [-0.4, -0.2) is 24.5 Å². The summed E-state index contributed by atoms with van der Waals surface area (Å²) >= 11 is 5.85. The lowest BCUT2D eigenvalue weighted by Crippen LogP contribution is -2.43. The zero-order valence-electron chi connectivity index (χ0n) is 12.4. The van der Waals surface area contributed by atoms with Gasteiger partial charge in [-0.05, 0) is 37.1 Å². The summed E-state index contributed by atoms with van der Waals surface area (Å²) in [5.74, 6) is -0.396. The van der Waals surface area contributed by atoms with Gasteiger partial charge >= 0.3 is 0 Å². The normalized spacial score (nSPS) is 15.6. The highest BCUT2D eigenvalue weighted by Gasteiger charge is 2.28. The van der Waals surface area contributed by atoms with Gasteiger partial charge in [0.2, 0.25) is 0 Å². The van der Waals surface area contributed by atoms with Gasteiger partial charge in [0, 0.05) is 18.6 Å². The van der Waals surface area contributed by atoms with Gasteiger partial charge in [0.15, 0.2) is 0 Å². The molecule has 0 saturated heterocycles. The Morgan fingerprint density at radius 2 is 1.95 bits per heavy atom. The van der Waals surface area contributed by atoms with Crippen molar-refractivity contribution in [3.63, 3.8) is 0 Å². The molecule has 0 bridgehead atoms. The predicted molar refractivity (Wildman–Crippen MR) is 79.9 cm³/mol. The van der Waals surface area contributed by atoms with E-state index in [4.69, 9.17) is 17.3 Å². The highest BCUT2D eigenvalue weighted by atomic mass is 35.5. The third kappa shape index (κ3) is 3.91. The van der Waals surface area contributed by atoms with Crippen LogP contribution in [0.25, 0.3) is 0 Å². The molecule has 2 unspecified atom stereocenters. The van der Waals surface area contributed by atoms with Crippen molar-refractivity contribution in [2.45, 2.75) is 39.8 Å². The number of nitrogens with two attached hydrogens (primary N) is 1. The number of benzene rings is 1. The molecule has 0 fully saturated rings. The quantitative estimate of drug-likeness (QED) is 0.911. The number of nitrogens with zero attached hydrogens (tertiary/aromatic N) is 1. The van der Waals surface area contributed by atoms with Crippen molar-refractivity contribution in [3.8, 4) is 0 Å². The third-order valence-corrected chi connectivity index (χ3v) is 4.20. The second-order valence-corrected chi connectivity index (χ2v) is 6.54. The Morgan fingerprint density at radius 3 is 2.37 bits per heavy atom. The molecule has 0 aromatic heterocycles. The van der Waals surface area contributed by atoms with Crippen molar-refractivity contribution in [2.24, 2.45) is 11.1 Å². The average molecular weight is 287 g/mol. The van der Waals surface area contributed by atoms with E-state index < -0.39 is 5.82 Å². The molecular formula is C15H24ClFN2. The molecule has 2 N–H and O–H groups in total. The lowest BCUT2D eigenvalue weighted by atomic mass is 9.86. The van der Waals surface area contributed by atoms with Crippen molar-refractivity contribution >= 4 is 11.6 Å². The van der Waals surface area contributed by atoms with Gasteiger partial charge in [-0.25, -0.2) is 4.39 Å². The Bertz CT molecular complexity index is 429. The molecule has 1 aromatic rings. The number of hydrogen-bond acceptors (Lipinski definition) is 2. The summed E-state index contributed by atoms with van der Waals surface area (Å²) in [7, 11) is 2.05. The Morgan fingerprint density at radius 1 is 1.37 bits per heavy atom. The molecule has 1 aromatic carbocycles. The molecule has 0 amide bonds. The first-order valence-corrected chi connectivity index (χ1v) is 6.93. The highest BCUT2D eigenvalue weighted by molar-refractivity contribution is 6.30. The van der Waals surface area contributed by atoms with Crippen LogP contribution >= 0.6 is 11.6 Å². The summed E-state index contributed by atoms with van der Waals surface area (Å²) in [6, 6.07) is 5.19. The van der Waals surface area contributed by atoms with E-state index in [9.17, 15) is 4.39 Å². The summed E-state index contributed by atoms with van der Waals surface area (Å²) in [5, 5.41) is 0.146. The molecule has 0 aliphatic rings. The first-order chi connectivity index (χ1) is 8.68. The van der Waals surface area contributed by atoms with Crippen molar-refractivity contribution in [1.82, 2.24) is 4.90 Å². The molecule has 0 aliphatic heterocycles. The fourth-order valence-electron chi connectivity index (χ4n) is 2.14. The monoisotopic (exact) mass is 286 g/mol. The van der Waals surface area contributed by atoms with Crippen LogP contribution in [0.5, 0.6) is 0 Å². The smallest absolute Gasteiger partial charge is 0.141 e. The first-order valence-electron chi connectivity index (χ1n) is 6.55. The van der Waals surface area contributed by atoms with E-state index in [1.54, 1.807) is 12.1 Å². The summed E-state index contributed by atoms with van der Waals surface area (Å²) < 4.78 is 13.2. The topological polar surface area (TPSA) is 29.3 Å². The minimum Gasteiger partial charge on any atom is -0.329 e. The molecule has 19 heavy (non-hydrogen) atoms. The van der Waals surface area contributed by atoms with E-state index in [2.05, 4.69) is 32.6 Å². The number of likely N-dealkylation sites (N-methyl/N-ethyl adjacent to an activating group) is 1. The van der Waals surface area contributed by atoms with Crippen LogP contribution in [0.15, 0.2) is 18.2 Å². The lowest BCUT2D eigenvalue weighted by molar-refractivity contribution is 0.100. The second-order valence-electron chi connectivity index (χ2n) is 6.13. The molecule has 4 heteroatoms. The van der Waals surface area contributed by atoms with Crippen LogP contribution in [0.1, 0.15) is 39.3 Å². The van der Waals surface area contributed by atoms with E-state index in [0.29, 0.717) is 12.6 Å². The number of halogens is 2. The fourth-order valence-corrected chi connectivity index (χ4v) is 2.33. The molecule has 2 atom stereocenters. The predicted octanol–water partition coefficient (Wildman–Crippen LogP) is 3.85. The molecular weight excluding hydrogens is 263 g/mol. The van der Waals surface area contributed by atoms with E-state index >= 15 is 0 Å². The molecule has 0 aliphatic carbocycles. The Labute approximate surface area is 120 Å². The van der Waals surface area contributed by atoms with E-state index in [0.717, 1.165) is 5.56 Å². The van der Waals surface area contributed by atoms with Gasteiger partial charge in [-0.2, -0.15) is 0 Å². The minimum atomic E-state index is -0.396. The average Bonchev–Trinajstić information content (AvgIpc) is 2.32. The summed E-state index contributed by atoms with van der Waals surface area (Å²) in [4.78, 5) is 2.23. The number of hydrogen-bond donors (Lipinski definition) is 1. The summed E-state index contributed by atoms with van der Waals surface area (Å²) in [6.45, 7) is 9.23. The highest BCUT2D eigenvalue weighted by Crippen LogP contribution is 2.30. The summed E-state index contributed by atoms with van der Waals surface area (Å²) in [6.07, 6.45) is 0. The van der Waals surface area contributed by atoms with Gasteiger partial charge in [-0.3, -0.25) is 4.90 Å². The molecule has 0 spiro atoms. The van der Waals surface area contributed by atoms with Crippen LogP contribution < -0.4 is 5.73 Å². The van der Waals surface area contributed by atoms with Gasteiger partial charge < -0.3 is 5.73 Å². The fraction of sp³-hybridized carbons (Fsp3) is 0.600. The van der Waals surface area contributed by atoms with Gasteiger partial charge in [-0.15, -0.1) is 0 Å². The number of rotatable bonds is 4. The molecule has 1 rings (SSSR count). The maximum atomic E-state index is 13.2. The SMILES string of the molecule is CC(N(C)C(CN)c1ccc(F)c(Cl)c1)C(C)(C)C. The Hall–Kier alpha value is -0.640. The van der Waals surface area contributed by atoms with E-state index in [1.165, 1.54) is 6.07 Å². The Kier molecular flexibility index (Phi) is 5.36. The third-order valence-electron chi connectivity index (χ3n) is 3.91. The van der Waals surface area contributed by atoms with Crippen LogP contribution in [-0.2, 0) is 0 Å². The van der Waals surface area contributed by atoms with Crippen molar-refractivity contribution in [1.29, 1.82) is 0 Å². The second kappa shape index (κ2) is 6.21. The Balaban J connectivity index is 3.03. The van der Waals surface area contributed by atoms with Gasteiger partial charge in [0.05, 0.1) is 5.02 Å². The maximum absolute atomic E-state index is 13.2. The van der Waals surface area contributed by atoms with Crippen molar-refractivity contribution < 1.29 is 4.39 Å². The van der Waals surface area contributed by atoms with Crippen LogP contribution in [0.3, 0.4) is 0 Å². The zero-order valence-corrected chi connectivity index (χ0v) is 13.1. The zero-order chi connectivity index (χ0) is 14.8. The summed E-state index contributed by atoms with van der Waals surface area (Å²) in [5.41, 5.74) is 6.99. The van der Waals surface area contributed by atoms with Crippen LogP contribution in [0, 0.1) is 11.2 Å².